The van der Waals surface area contributed by atoms with Crippen LogP contribution in [0, 0.1) is 0 Å². The molecule has 0 aliphatic carbocycles. The molecule has 0 spiro atoms. The molecule has 0 saturated heterocycles. The number of benzene rings is 4. The summed E-state index contributed by atoms with van der Waals surface area (Å²) in [6.45, 7) is 0. The van der Waals surface area contributed by atoms with Gasteiger partial charge in [-0.05, 0) is 78.2 Å². The van der Waals surface area contributed by atoms with Crippen LogP contribution in [0.4, 0.5) is 0 Å². The van der Waals surface area contributed by atoms with Crippen molar-refractivity contribution in [2.24, 2.45) is 0 Å². The Morgan fingerprint density at radius 2 is 0.923 bits per heavy atom. The van der Waals surface area contributed by atoms with Crippen LogP contribution in [0.3, 0.4) is 0 Å². The van der Waals surface area contributed by atoms with Crippen LogP contribution < -0.4 is 22.5 Å². The van der Waals surface area contributed by atoms with Gasteiger partial charge in [-0.3, -0.25) is 9.59 Å². The number of halogens is 2. The molecule has 192 valence electrons. The predicted molar refractivity (Wildman–Crippen MR) is 153 cm³/mol. The minimum absolute atomic E-state index is 0.358. The van der Waals surface area contributed by atoms with Crippen molar-refractivity contribution in [3.8, 4) is 11.4 Å². The fraction of sp³-hybridized carbons (Fsp3) is 0.0345. The Bertz CT molecular complexity index is 1990. The number of nitrogens with zero attached hydrogens (tertiary/aromatic N) is 2. The van der Waals surface area contributed by atoms with Gasteiger partial charge in [0.25, 0.3) is 11.1 Å². The van der Waals surface area contributed by atoms with Crippen molar-refractivity contribution in [1.29, 1.82) is 0 Å². The van der Waals surface area contributed by atoms with E-state index in [0.717, 1.165) is 20.3 Å². The minimum atomic E-state index is -0.555. The molecule has 0 fully saturated rings. The molecule has 2 aromatic heterocycles. The van der Waals surface area contributed by atoms with Crippen LogP contribution >= 0.6 is 23.2 Å². The smallest absolute Gasteiger partial charge is 0.306 e. The largest absolute Gasteiger partial charge is 0.333 e. The lowest BCUT2D eigenvalue weighted by Gasteiger charge is -2.09. The zero-order valence-corrected chi connectivity index (χ0v) is 21.6. The molecule has 0 atom stereocenters. The zero-order chi connectivity index (χ0) is 27.3. The molecule has 6 aromatic rings. The maximum absolute atomic E-state index is 13.0. The summed E-state index contributed by atoms with van der Waals surface area (Å²) in [4.78, 5) is 56.6. The third-order valence-electron chi connectivity index (χ3n) is 6.52. The molecule has 0 saturated carbocycles. The Morgan fingerprint density at radius 1 is 0.538 bits per heavy atom. The first kappa shape index (κ1) is 24.7. The number of aromatic amines is 2. The number of rotatable bonds is 4. The molecule has 2 N–H and O–H groups in total. The summed E-state index contributed by atoms with van der Waals surface area (Å²) >= 11 is 12.0. The van der Waals surface area contributed by atoms with Gasteiger partial charge in [0, 0.05) is 10.0 Å². The normalized spacial score (nSPS) is 11.3. The van der Waals surface area contributed by atoms with Gasteiger partial charge >= 0.3 is 11.4 Å². The molecule has 4 aromatic carbocycles. The number of nitrogens with one attached hydrogen (secondary N) is 2. The molecule has 0 radical (unpaired) electrons. The number of hydrogen-bond donors (Lipinski definition) is 2. The van der Waals surface area contributed by atoms with Gasteiger partial charge in [0.2, 0.25) is 0 Å². The number of H-pyrrole nitrogens is 2. The van der Waals surface area contributed by atoms with Crippen molar-refractivity contribution in [2.75, 3.05) is 0 Å². The van der Waals surface area contributed by atoms with Gasteiger partial charge in [-0.1, -0.05) is 47.5 Å². The number of fused-ring (bicyclic) bond motifs is 2. The van der Waals surface area contributed by atoms with Crippen LogP contribution in [0.25, 0.3) is 33.2 Å². The SMILES string of the molecule is O=c1[nH]c2cc(Cl)ccc2c(=O)n1-c1ccc(Cc2ccc(-n3c(=O)[nH]c4cc(Cl)ccc4c3=O)cc2)cc1. The molecule has 0 unspecified atom stereocenters. The van der Waals surface area contributed by atoms with Gasteiger partial charge < -0.3 is 9.97 Å². The second-order valence-electron chi connectivity index (χ2n) is 9.03. The third kappa shape index (κ3) is 4.50. The summed E-state index contributed by atoms with van der Waals surface area (Å²) in [7, 11) is 0. The predicted octanol–water partition coefficient (Wildman–Crippen LogP) is 4.57. The van der Waals surface area contributed by atoms with Crippen LogP contribution in [-0.2, 0) is 6.42 Å². The fourth-order valence-corrected chi connectivity index (χ4v) is 4.96. The van der Waals surface area contributed by atoms with Crippen molar-refractivity contribution in [3.63, 3.8) is 0 Å². The molecule has 8 nitrogen and oxygen atoms in total. The Labute approximate surface area is 229 Å². The summed E-state index contributed by atoms with van der Waals surface area (Å²) < 4.78 is 2.17. The Balaban J connectivity index is 1.27. The minimum Gasteiger partial charge on any atom is -0.306 e. The van der Waals surface area contributed by atoms with E-state index < -0.39 is 22.5 Å². The fourth-order valence-electron chi connectivity index (χ4n) is 4.61. The molecule has 2 heterocycles. The highest BCUT2D eigenvalue weighted by atomic mass is 35.5. The molecule has 39 heavy (non-hydrogen) atoms. The Hall–Kier alpha value is -4.66. The zero-order valence-electron chi connectivity index (χ0n) is 20.1. The average Bonchev–Trinajstić information content (AvgIpc) is 2.90. The topological polar surface area (TPSA) is 110 Å². The lowest BCUT2D eigenvalue weighted by atomic mass is 10.0. The van der Waals surface area contributed by atoms with Crippen molar-refractivity contribution < 1.29 is 0 Å². The molecule has 0 amide bonds. The molecule has 0 bridgehead atoms. The molecule has 6 rings (SSSR count). The third-order valence-corrected chi connectivity index (χ3v) is 6.99. The summed E-state index contributed by atoms with van der Waals surface area (Å²) in [6, 6.07) is 23.7. The monoisotopic (exact) mass is 556 g/mol. The lowest BCUT2D eigenvalue weighted by Crippen LogP contribution is -2.33. The van der Waals surface area contributed by atoms with E-state index in [1.54, 1.807) is 60.7 Å². The summed E-state index contributed by atoms with van der Waals surface area (Å²) in [5.74, 6) is 0. The van der Waals surface area contributed by atoms with Crippen molar-refractivity contribution in [3.05, 3.63) is 148 Å². The maximum Gasteiger partial charge on any atom is 0.333 e. The second-order valence-corrected chi connectivity index (χ2v) is 9.90. The summed E-state index contributed by atoms with van der Waals surface area (Å²) in [5, 5.41) is 1.57. The molecule has 0 aliphatic heterocycles. The van der Waals surface area contributed by atoms with E-state index in [1.165, 1.54) is 0 Å². The molecular weight excluding hydrogens is 539 g/mol. The van der Waals surface area contributed by atoms with Crippen molar-refractivity contribution in [2.45, 2.75) is 6.42 Å². The first-order valence-corrected chi connectivity index (χ1v) is 12.6. The van der Waals surface area contributed by atoms with Gasteiger partial charge in [-0.2, -0.15) is 0 Å². The number of hydrogen-bond acceptors (Lipinski definition) is 4. The quantitative estimate of drug-likeness (QED) is 0.331. The average molecular weight is 557 g/mol. The van der Waals surface area contributed by atoms with Crippen LogP contribution in [0.15, 0.2) is 104 Å². The summed E-state index contributed by atoms with van der Waals surface area (Å²) in [6.07, 6.45) is 0.559. The van der Waals surface area contributed by atoms with Crippen LogP contribution in [0.2, 0.25) is 10.0 Å². The van der Waals surface area contributed by atoms with E-state index in [-0.39, 0.29) is 0 Å². The number of aromatic nitrogens is 4. The van der Waals surface area contributed by atoms with Gasteiger partial charge in [-0.15, -0.1) is 0 Å². The molecule has 0 aliphatic rings. The first-order chi connectivity index (χ1) is 18.8. The van der Waals surface area contributed by atoms with Gasteiger partial charge in [0.15, 0.2) is 0 Å². The van der Waals surface area contributed by atoms with Crippen LogP contribution in [0.5, 0.6) is 0 Å². The van der Waals surface area contributed by atoms with Crippen LogP contribution in [-0.4, -0.2) is 19.1 Å². The Morgan fingerprint density at radius 3 is 1.31 bits per heavy atom. The van der Waals surface area contributed by atoms with E-state index in [4.69, 9.17) is 23.2 Å². The van der Waals surface area contributed by atoms with E-state index in [0.29, 0.717) is 49.6 Å². The highest BCUT2D eigenvalue weighted by molar-refractivity contribution is 6.31. The van der Waals surface area contributed by atoms with Gasteiger partial charge in [0.05, 0.1) is 33.2 Å². The van der Waals surface area contributed by atoms with Crippen LogP contribution in [0.1, 0.15) is 11.1 Å². The van der Waals surface area contributed by atoms with Gasteiger partial charge in [0.1, 0.15) is 0 Å². The Kier molecular flexibility index (Phi) is 6.06. The van der Waals surface area contributed by atoms with E-state index >= 15 is 0 Å². The highest BCUT2D eigenvalue weighted by Gasteiger charge is 2.12. The van der Waals surface area contributed by atoms with E-state index in [2.05, 4.69) is 9.97 Å². The van der Waals surface area contributed by atoms with Gasteiger partial charge in [-0.25, -0.2) is 18.7 Å². The van der Waals surface area contributed by atoms with Crippen molar-refractivity contribution >= 4 is 45.0 Å². The molecular formula is C29H18Cl2N4O4. The summed E-state index contributed by atoms with van der Waals surface area (Å²) in [5.41, 5.74) is 1.55. The van der Waals surface area contributed by atoms with Crippen molar-refractivity contribution in [1.82, 2.24) is 19.1 Å². The highest BCUT2D eigenvalue weighted by Crippen LogP contribution is 2.17. The van der Waals surface area contributed by atoms with E-state index in [1.807, 2.05) is 24.3 Å². The first-order valence-electron chi connectivity index (χ1n) is 11.9. The molecule has 10 heteroatoms. The standard InChI is InChI=1S/C29H18Cl2N4O4/c30-18-5-11-22-24(14-18)32-28(38)34(26(22)36)20-7-1-16(2-8-20)13-17-3-9-21(10-4-17)35-27(37)23-12-6-19(31)15-25(23)33-29(35)39/h1-12,14-15H,13H2,(H,32,38)(H,33,39). The lowest BCUT2D eigenvalue weighted by molar-refractivity contribution is 0.899. The van der Waals surface area contributed by atoms with E-state index in [9.17, 15) is 19.2 Å². The second kappa shape index (κ2) is 9.58. The maximum atomic E-state index is 13.0.